The average molecular weight is 347 g/mol. The van der Waals surface area contributed by atoms with Crippen molar-refractivity contribution < 1.29 is 9.53 Å². The third-order valence-electron chi connectivity index (χ3n) is 5.92. The van der Waals surface area contributed by atoms with Gasteiger partial charge in [-0.1, -0.05) is 55.0 Å². The second-order valence-corrected chi connectivity index (χ2v) is 7.40. The van der Waals surface area contributed by atoms with Gasteiger partial charge in [0.05, 0.1) is 0 Å². The van der Waals surface area contributed by atoms with Crippen molar-refractivity contribution in [3.8, 4) is 5.75 Å². The Morgan fingerprint density at radius 3 is 2.77 bits per heavy atom. The number of hydrogen-bond acceptors (Lipinski definition) is 3. The molecule has 0 aliphatic heterocycles. The van der Waals surface area contributed by atoms with Crippen molar-refractivity contribution in [2.24, 2.45) is 11.7 Å². The summed E-state index contributed by atoms with van der Waals surface area (Å²) in [5, 5.41) is 0. The molecule has 4 rings (SSSR count). The summed E-state index contributed by atoms with van der Waals surface area (Å²) < 4.78 is 6.27. The maximum Gasteiger partial charge on any atom is 0.155 e. The fourth-order valence-electron chi connectivity index (χ4n) is 4.70. The van der Waals surface area contributed by atoms with Gasteiger partial charge in [-0.3, -0.25) is 4.79 Å². The van der Waals surface area contributed by atoms with Crippen molar-refractivity contribution >= 4 is 5.78 Å². The summed E-state index contributed by atoms with van der Waals surface area (Å²) in [6.07, 6.45) is 7.83. The first kappa shape index (κ1) is 17.0. The number of carbonyl (C=O) groups excluding carboxylic acids is 1. The third-order valence-corrected chi connectivity index (χ3v) is 5.92. The molecule has 1 fully saturated rings. The largest absolute Gasteiger partial charge is 0.489 e. The molecule has 26 heavy (non-hydrogen) atoms. The minimum atomic E-state index is -0.115. The van der Waals surface area contributed by atoms with E-state index in [9.17, 15) is 4.79 Å². The van der Waals surface area contributed by atoms with Gasteiger partial charge in [-0.05, 0) is 42.0 Å². The third kappa shape index (κ3) is 2.97. The highest BCUT2D eigenvalue weighted by molar-refractivity contribution is 5.91. The van der Waals surface area contributed by atoms with Gasteiger partial charge in [0.1, 0.15) is 12.4 Å². The number of rotatable bonds is 5. The molecule has 2 atom stereocenters. The number of carbonyl (C=O) groups is 1. The van der Waals surface area contributed by atoms with Crippen LogP contribution in [0, 0.1) is 5.92 Å². The second-order valence-electron chi connectivity index (χ2n) is 7.40. The molecule has 2 aliphatic carbocycles. The summed E-state index contributed by atoms with van der Waals surface area (Å²) in [5.74, 6) is 1.50. The number of ether oxygens (including phenoxy) is 1. The van der Waals surface area contributed by atoms with Crippen LogP contribution in [-0.4, -0.2) is 5.78 Å². The van der Waals surface area contributed by atoms with E-state index in [0.717, 1.165) is 36.1 Å². The summed E-state index contributed by atoms with van der Waals surface area (Å²) in [6.45, 7) is 1.01. The Balaban J connectivity index is 1.75. The summed E-state index contributed by atoms with van der Waals surface area (Å²) in [5.41, 5.74) is 9.45. The highest BCUT2D eigenvalue weighted by atomic mass is 16.5. The van der Waals surface area contributed by atoms with E-state index in [1.54, 1.807) is 6.08 Å². The number of nitrogens with two attached hydrogens (primary N) is 1. The van der Waals surface area contributed by atoms with Crippen LogP contribution >= 0.6 is 0 Å². The highest BCUT2D eigenvalue weighted by Crippen LogP contribution is 2.53. The SMILES string of the molecule is NCc1cccc(OCc2ccccc2)c1[C@]12C=CC(=O)C[C@H]1CCC2. The van der Waals surface area contributed by atoms with Crippen LogP contribution in [0.1, 0.15) is 42.4 Å². The van der Waals surface area contributed by atoms with Gasteiger partial charge in [0.2, 0.25) is 0 Å². The van der Waals surface area contributed by atoms with E-state index < -0.39 is 0 Å². The molecule has 0 unspecified atom stereocenters. The van der Waals surface area contributed by atoms with Gasteiger partial charge in [-0.2, -0.15) is 0 Å². The first-order chi connectivity index (χ1) is 12.7. The van der Waals surface area contributed by atoms with Crippen LogP contribution in [0.15, 0.2) is 60.7 Å². The van der Waals surface area contributed by atoms with Crippen molar-refractivity contribution in [1.29, 1.82) is 0 Å². The first-order valence-corrected chi connectivity index (χ1v) is 9.44. The average Bonchev–Trinajstić information content (AvgIpc) is 3.10. The van der Waals surface area contributed by atoms with Crippen LogP contribution < -0.4 is 10.5 Å². The van der Waals surface area contributed by atoms with Crippen LogP contribution in [0.5, 0.6) is 5.75 Å². The topological polar surface area (TPSA) is 52.3 Å². The van der Waals surface area contributed by atoms with Crippen LogP contribution in [-0.2, 0) is 23.4 Å². The Bertz CT molecular complexity index is 827. The number of fused-ring (bicyclic) bond motifs is 1. The van der Waals surface area contributed by atoms with Crippen molar-refractivity contribution in [2.75, 3.05) is 0 Å². The predicted octanol–water partition coefficient (Wildman–Crippen LogP) is 4.29. The minimum Gasteiger partial charge on any atom is -0.489 e. The van der Waals surface area contributed by atoms with E-state index in [1.807, 2.05) is 30.3 Å². The molecule has 3 nitrogen and oxygen atoms in total. The van der Waals surface area contributed by atoms with Gasteiger partial charge < -0.3 is 10.5 Å². The summed E-state index contributed by atoms with van der Waals surface area (Å²) in [6, 6.07) is 16.4. The maximum atomic E-state index is 12.0. The van der Waals surface area contributed by atoms with Gasteiger partial charge in [0.25, 0.3) is 0 Å². The zero-order chi connectivity index (χ0) is 18.0. The number of hydrogen-bond donors (Lipinski definition) is 1. The Morgan fingerprint density at radius 2 is 1.96 bits per heavy atom. The zero-order valence-corrected chi connectivity index (χ0v) is 15.0. The van der Waals surface area contributed by atoms with Gasteiger partial charge in [-0.15, -0.1) is 0 Å². The summed E-state index contributed by atoms with van der Waals surface area (Å²) in [4.78, 5) is 12.0. The van der Waals surface area contributed by atoms with Crippen LogP contribution in [0.3, 0.4) is 0 Å². The van der Waals surface area contributed by atoms with Crippen LogP contribution in [0.25, 0.3) is 0 Å². The minimum absolute atomic E-state index is 0.115. The van der Waals surface area contributed by atoms with E-state index in [4.69, 9.17) is 10.5 Å². The van der Waals surface area contributed by atoms with E-state index >= 15 is 0 Å². The molecular formula is C23H25NO2. The molecule has 2 aromatic carbocycles. The lowest BCUT2D eigenvalue weighted by molar-refractivity contribution is -0.116. The molecule has 0 amide bonds. The Hall–Kier alpha value is -2.39. The quantitative estimate of drug-likeness (QED) is 0.878. The molecule has 2 N–H and O–H groups in total. The lowest BCUT2D eigenvalue weighted by atomic mass is 9.66. The highest BCUT2D eigenvalue weighted by Gasteiger charge is 2.47. The van der Waals surface area contributed by atoms with Gasteiger partial charge in [-0.25, -0.2) is 0 Å². The van der Waals surface area contributed by atoms with E-state index in [2.05, 4.69) is 24.3 Å². The number of benzene rings is 2. The molecule has 134 valence electrons. The fourth-order valence-corrected chi connectivity index (χ4v) is 4.70. The number of allylic oxidation sites excluding steroid dienone is 2. The molecule has 0 bridgehead atoms. The zero-order valence-electron chi connectivity index (χ0n) is 15.0. The van der Waals surface area contributed by atoms with Crippen molar-refractivity contribution in [3.63, 3.8) is 0 Å². The summed E-state index contributed by atoms with van der Waals surface area (Å²) >= 11 is 0. The molecule has 2 aromatic rings. The van der Waals surface area contributed by atoms with Crippen LogP contribution in [0.4, 0.5) is 0 Å². The summed E-state index contributed by atoms with van der Waals surface area (Å²) in [7, 11) is 0. The Morgan fingerprint density at radius 1 is 1.12 bits per heavy atom. The molecule has 1 saturated carbocycles. The molecule has 0 radical (unpaired) electrons. The normalized spacial score (nSPS) is 24.5. The second kappa shape index (κ2) is 7.08. The molecular weight excluding hydrogens is 322 g/mol. The molecule has 0 heterocycles. The number of ketones is 1. The van der Waals surface area contributed by atoms with E-state index in [0.29, 0.717) is 25.5 Å². The molecule has 0 spiro atoms. The monoisotopic (exact) mass is 347 g/mol. The lowest BCUT2D eigenvalue weighted by Gasteiger charge is -2.38. The van der Waals surface area contributed by atoms with Crippen molar-refractivity contribution in [1.82, 2.24) is 0 Å². The van der Waals surface area contributed by atoms with Crippen molar-refractivity contribution in [3.05, 3.63) is 77.4 Å². The van der Waals surface area contributed by atoms with Gasteiger partial charge in [0.15, 0.2) is 5.78 Å². The first-order valence-electron chi connectivity index (χ1n) is 9.44. The van der Waals surface area contributed by atoms with Gasteiger partial charge >= 0.3 is 0 Å². The molecule has 0 aromatic heterocycles. The smallest absolute Gasteiger partial charge is 0.155 e. The predicted molar refractivity (Wildman–Crippen MR) is 103 cm³/mol. The van der Waals surface area contributed by atoms with E-state index in [1.165, 1.54) is 5.56 Å². The van der Waals surface area contributed by atoms with Crippen LogP contribution in [0.2, 0.25) is 0 Å². The fraction of sp³-hybridized carbons (Fsp3) is 0.348. The molecule has 3 heteroatoms. The standard InChI is InChI=1S/C23H25NO2/c24-15-18-8-4-10-21(26-16-17-6-2-1-3-7-17)22(18)23-12-5-9-19(23)14-20(25)11-13-23/h1-4,6-8,10-11,13,19H,5,9,12,14-16,24H2/t19-,23-/m1/s1. The molecule has 2 aliphatic rings. The lowest BCUT2D eigenvalue weighted by Crippen LogP contribution is -2.35. The maximum absolute atomic E-state index is 12.0. The molecule has 0 saturated heterocycles. The van der Waals surface area contributed by atoms with Crippen molar-refractivity contribution in [2.45, 2.75) is 44.2 Å². The van der Waals surface area contributed by atoms with E-state index in [-0.39, 0.29) is 11.2 Å². The van der Waals surface area contributed by atoms with Gasteiger partial charge in [0, 0.05) is 23.9 Å². The Kier molecular flexibility index (Phi) is 4.64. The Labute approximate surface area is 154 Å².